The molecule has 7 heteroatoms. The van der Waals surface area contributed by atoms with Crippen LogP contribution < -0.4 is 5.32 Å². The summed E-state index contributed by atoms with van der Waals surface area (Å²) in [6.45, 7) is 11.1. The number of ether oxygens (including phenoxy) is 1. The van der Waals surface area contributed by atoms with Crippen LogP contribution in [0.5, 0.6) is 0 Å². The number of guanidine groups is 1. The second kappa shape index (κ2) is 13.1. The summed E-state index contributed by atoms with van der Waals surface area (Å²) in [6.07, 6.45) is 3.90. The Morgan fingerprint density at radius 2 is 1.90 bits per heavy atom. The van der Waals surface area contributed by atoms with Gasteiger partial charge in [-0.05, 0) is 50.7 Å². The number of rotatable bonds is 7. The van der Waals surface area contributed by atoms with E-state index in [0.29, 0.717) is 6.61 Å². The number of esters is 1. The third-order valence-corrected chi connectivity index (χ3v) is 5.85. The van der Waals surface area contributed by atoms with E-state index in [2.05, 4.69) is 46.3 Å². The summed E-state index contributed by atoms with van der Waals surface area (Å²) in [5.74, 6) is 0.979. The highest BCUT2D eigenvalue weighted by molar-refractivity contribution is 14.0. The molecule has 2 heterocycles. The molecule has 0 aliphatic carbocycles. The van der Waals surface area contributed by atoms with Gasteiger partial charge in [-0.2, -0.15) is 0 Å². The molecule has 1 aromatic rings. The fraction of sp³-hybridized carbons (Fsp3) is 0.652. The lowest BCUT2D eigenvalue weighted by Gasteiger charge is -2.33. The van der Waals surface area contributed by atoms with Crippen LogP contribution in [-0.4, -0.2) is 67.6 Å². The van der Waals surface area contributed by atoms with E-state index in [0.717, 1.165) is 77.5 Å². The Labute approximate surface area is 198 Å². The monoisotopic (exact) mass is 528 g/mol. The Morgan fingerprint density at radius 1 is 1.17 bits per heavy atom. The number of likely N-dealkylation sites (tertiary alicyclic amines) is 1. The van der Waals surface area contributed by atoms with Gasteiger partial charge in [0, 0.05) is 45.8 Å². The zero-order chi connectivity index (χ0) is 20.5. The van der Waals surface area contributed by atoms with Gasteiger partial charge in [0.2, 0.25) is 0 Å². The molecule has 1 aromatic carbocycles. The summed E-state index contributed by atoms with van der Waals surface area (Å²) in [5.41, 5.74) is 2.97. The lowest BCUT2D eigenvalue weighted by atomic mass is 9.97. The average Bonchev–Trinajstić information content (AvgIpc) is 2.76. The predicted octanol–water partition coefficient (Wildman–Crippen LogP) is 3.29. The zero-order valence-corrected chi connectivity index (χ0v) is 20.8. The zero-order valence-electron chi connectivity index (χ0n) is 18.4. The van der Waals surface area contributed by atoms with Crippen molar-refractivity contribution in [3.05, 3.63) is 35.4 Å². The summed E-state index contributed by atoms with van der Waals surface area (Å²) < 4.78 is 5.18. The average molecular weight is 528 g/mol. The van der Waals surface area contributed by atoms with Crippen LogP contribution in [0, 0.1) is 5.92 Å². The normalized spacial score (nSPS) is 17.8. The molecule has 1 fully saturated rings. The largest absolute Gasteiger partial charge is 0.466 e. The van der Waals surface area contributed by atoms with E-state index in [9.17, 15) is 4.79 Å². The standard InChI is InChI=1S/C23H36N4O2.HI/c1-3-24-23(27-16-11-20(12-17-27)22(28)29-4-2)25-13-7-14-26-15-10-19-8-5-6-9-21(19)18-26;/h5-6,8-9,20H,3-4,7,10-18H2,1-2H3,(H,24,25);1H. The van der Waals surface area contributed by atoms with Crippen molar-refractivity contribution in [1.29, 1.82) is 0 Å². The van der Waals surface area contributed by atoms with Crippen LogP contribution in [0.3, 0.4) is 0 Å². The van der Waals surface area contributed by atoms with E-state index >= 15 is 0 Å². The third kappa shape index (κ3) is 7.11. The molecule has 0 unspecified atom stereocenters. The van der Waals surface area contributed by atoms with Crippen molar-refractivity contribution in [1.82, 2.24) is 15.1 Å². The number of aliphatic imine (C=N–C) groups is 1. The summed E-state index contributed by atoms with van der Waals surface area (Å²) in [5, 5.41) is 3.42. The van der Waals surface area contributed by atoms with Crippen LogP contribution in [0.15, 0.2) is 29.3 Å². The van der Waals surface area contributed by atoms with Crippen molar-refractivity contribution in [3.63, 3.8) is 0 Å². The third-order valence-electron chi connectivity index (χ3n) is 5.85. The number of hydrogen-bond donors (Lipinski definition) is 1. The molecule has 0 spiro atoms. The molecule has 0 amide bonds. The first-order chi connectivity index (χ1) is 14.2. The molecule has 0 radical (unpaired) electrons. The lowest BCUT2D eigenvalue weighted by molar-refractivity contribution is -0.149. The molecule has 0 saturated carbocycles. The number of benzene rings is 1. The fourth-order valence-electron chi connectivity index (χ4n) is 4.24. The van der Waals surface area contributed by atoms with Gasteiger partial charge in [-0.1, -0.05) is 24.3 Å². The summed E-state index contributed by atoms with van der Waals surface area (Å²) in [4.78, 5) is 21.6. The van der Waals surface area contributed by atoms with Gasteiger partial charge in [-0.3, -0.25) is 14.7 Å². The number of halogens is 1. The molecule has 2 aliphatic heterocycles. The van der Waals surface area contributed by atoms with Crippen molar-refractivity contribution in [2.24, 2.45) is 10.9 Å². The van der Waals surface area contributed by atoms with E-state index in [1.165, 1.54) is 11.1 Å². The number of nitrogens with one attached hydrogen (secondary N) is 1. The van der Waals surface area contributed by atoms with E-state index in [1.807, 2.05) is 6.92 Å². The molecule has 3 rings (SSSR count). The summed E-state index contributed by atoms with van der Waals surface area (Å²) >= 11 is 0. The van der Waals surface area contributed by atoms with Crippen LogP contribution in [-0.2, 0) is 22.5 Å². The van der Waals surface area contributed by atoms with Crippen molar-refractivity contribution < 1.29 is 9.53 Å². The van der Waals surface area contributed by atoms with Gasteiger partial charge in [0.05, 0.1) is 12.5 Å². The van der Waals surface area contributed by atoms with Gasteiger partial charge >= 0.3 is 5.97 Å². The van der Waals surface area contributed by atoms with Crippen LogP contribution in [0.2, 0.25) is 0 Å². The number of nitrogens with zero attached hydrogens (tertiary/aromatic N) is 3. The topological polar surface area (TPSA) is 57.2 Å². The molecule has 0 bridgehead atoms. The lowest BCUT2D eigenvalue weighted by Crippen LogP contribution is -2.46. The highest BCUT2D eigenvalue weighted by atomic mass is 127. The minimum absolute atomic E-state index is 0. The molecule has 2 aliphatic rings. The number of fused-ring (bicyclic) bond motifs is 1. The quantitative estimate of drug-likeness (QED) is 0.194. The van der Waals surface area contributed by atoms with Crippen LogP contribution in [0.4, 0.5) is 0 Å². The molecule has 1 saturated heterocycles. The van der Waals surface area contributed by atoms with Crippen molar-refractivity contribution in [2.45, 2.75) is 46.1 Å². The smallest absolute Gasteiger partial charge is 0.309 e. The maximum Gasteiger partial charge on any atom is 0.309 e. The minimum atomic E-state index is -0.0443. The van der Waals surface area contributed by atoms with Crippen molar-refractivity contribution in [3.8, 4) is 0 Å². The highest BCUT2D eigenvalue weighted by Gasteiger charge is 2.27. The Hall–Kier alpha value is -1.35. The molecular weight excluding hydrogens is 491 g/mol. The SMILES string of the molecule is CCNC(=NCCCN1CCc2ccccc2C1)N1CCC(C(=O)OCC)CC1.I. The Balaban J connectivity index is 0.00000320. The van der Waals surface area contributed by atoms with Crippen LogP contribution in [0.25, 0.3) is 0 Å². The molecule has 1 N–H and O–H groups in total. The minimum Gasteiger partial charge on any atom is -0.466 e. The van der Waals surface area contributed by atoms with Gasteiger partial charge in [0.15, 0.2) is 5.96 Å². The number of piperidine rings is 1. The number of carbonyl (C=O) groups excluding carboxylic acids is 1. The second-order valence-corrected chi connectivity index (χ2v) is 7.90. The fourth-order valence-corrected chi connectivity index (χ4v) is 4.24. The van der Waals surface area contributed by atoms with Crippen LogP contribution in [0.1, 0.15) is 44.2 Å². The Kier molecular flexibility index (Phi) is 10.9. The maximum absolute atomic E-state index is 11.9. The van der Waals surface area contributed by atoms with Gasteiger partial charge < -0.3 is 15.0 Å². The van der Waals surface area contributed by atoms with Crippen LogP contribution >= 0.6 is 24.0 Å². The van der Waals surface area contributed by atoms with E-state index in [1.54, 1.807) is 0 Å². The van der Waals surface area contributed by atoms with Gasteiger partial charge in [-0.15, -0.1) is 24.0 Å². The predicted molar refractivity (Wildman–Crippen MR) is 132 cm³/mol. The number of hydrogen-bond acceptors (Lipinski definition) is 4. The Morgan fingerprint density at radius 3 is 2.60 bits per heavy atom. The first-order valence-corrected chi connectivity index (χ1v) is 11.2. The van der Waals surface area contributed by atoms with E-state index in [-0.39, 0.29) is 35.9 Å². The Bertz CT molecular complexity index is 690. The van der Waals surface area contributed by atoms with Crippen molar-refractivity contribution >= 4 is 35.9 Å². The first-order valence-electron chi connectivity index (χ1n) is 11.2. The molecule has 30 heavy (non-hydrogen) atoms. The highest BCUT2D eigenvalue weighted by Crippen LogP contribution is 2.20. The second-order valence-electron chi connectivity index (χ2n) is 7.90. The summed E-state index contributed by atoms with van der Waals surface area (Å²) in [6, 6.07) is 8.79. The first kappa shape index (κ1) is 24.9. The van der Waals surface area contributed by atoms with E-state index < -0.39 is 0 Å². The van der Waals surface area contributed by atoms with Gasteiger partial charge in [0.25, 0.3) is 0 Å². The van der Waals surface area contributed by atoms with E-state index in [4.69, 9.17) is 9.73 Å². The number of carbonyl (C=O) groups is 1. The molecular formula is C23H37IN4O2. The van der Waals surface area contributed by atoms with Gasteiger partial charge in [0.1, 0.15) is 0 Å². The molecule has 0 atom stereocenters. The molecule has 6 nitrogen and oxygen atoms in total. The molecule has 0 aromatic heterocycles. The maximum atomic E-state index is 11.9. The van der Waals surface area contributed by atoms with Gasteiger partial charge in [-0.25, -0.2) is 0 Å². The van der Waals surface area contributed by atoms with Crippen molar-refractivity contribution in [2.75, 3.05) is 45.9 Å². The molecule has 168 valence electrons. The summed E-state index contributed by atoms with van der Waals surface area (Å²) in [7, 11) is 0.